The molecule has 0 spiro atoms. The van der Waals surface area contributed by atoms with Crippen LogP contribution in [0.2, 0.25) is 0 Å². The summed E-state index contributed by atoms with van der Waals surface area (Å²) in [6.07, 6.45) is 1.08. The summed E-state index contributed by atoms with van der Waals surface area (Å²) in [7, 11) is 0. The lowest BCUT2D eigenvalue weighted by Crippen LogP contribution is -2.25. The van der Waals surface area contributed by atoms with Crippen molar-refractivity contribution in [3.05, 3.63) is 29.3 Å². The largest absolute Gasteiger partial charge is 0.399 e. The van der Waals surface area contributed by atoms with Gasteiger partial charge in [-0.3, -0.25) is 4.99 Å². The Morgan fingerprint density at radius 3 is 2.69 bits per heavy atom. The highest BCUT2D eigenvalue weighted by molar-refractivity contribution is 8.13. The van der Waals surface area contributed by atoms with Crippen LogP contribution in [0.25, 0.3) is 0 Å². The van der Waals surface area contributed by atoms with E-state index in [1.807, 2.05) is 17.8 Å². The minimum Gasteiger partial charge on any atom is -0.399 e. The number of nitrogen functional groups attached to an aromatic ring is 1. The average molecular weight is 234 g/mol. The van der Waals surface area contributed by atoms with Crippen molar-refractivity contribution in [2.45, 2.75) is 32.7 Å². The molecule has 3 heteroatoms. The molecule has 2 rings (SSSR count). The highest BCUT2D eigenvalue weighted by atomic mass is 32.2. The van der Waals surface area contributed by atoms with E-state index in [1.165, 1.54) is 16.2 Å². The molecule has 16 heavy (non-hydrogen) atoms. The fourth-order valence-corrected chi connectivity index (χ4v) is 3.23. The molecule has 1 aliphatic rings. The number of aliphatic imine (C=N–C) groups is 1. The molecule has 1 atom stereocenters. The predicted octanol–water partition coefficient (Wildman–Crippen LogP) is 3.35. The molecule has 0 fully saturated rings. The van der Waals surface area contributed by atoms with E-state index < -0.39 is 0 Å². The second-order valence-corrected chi connectivity index (χ2v) is 5.92. The number of nitrogens with zero attached hydrogens (tertiary/aromatic N) is 1. The molecule has 0 aromatic heterocycles. The minimum absolute atomic E-state index is 0.0878. The third-order valence-corrected chi connectivity index (χ3v) is 3.94. The van der Waals surface area contributed by atoms with Gasteiger partial charge in [-0.25, -0.2) is 0 Å². The summed E-state index contributed by atoms with van der Waals surface area (Å²) in [5, 5.41) is 1.17. The van der Waals surface area contributed by atoms with Gasteiger partial charge in [0, 0.05) is 11.4 Å². The normalized spacial score (nSPS) is 25.3. The van der Waals surface area contributed by atoms with Crippen LogP contribution >= 0.6 is 11.8 Å². The summed E-state index contributed by atoms with van der Waals surface area (Å²) < 4.78 is 0. The van der Waals surface area contributed by atoms with Gasteiger partial charge in [0.15, 0.2) is 0 Å². The third-order valence-electron chi connectivity index (χ3n) is 3.03. The smallest absolute Gasteiger partial charge is 0.0846 e. The minimum atomic E-state index is -0.0878. The van der Waals surface area contributed by atoms with Crippen molar-refractivity contribution in [2.24, 2.45) is 4.99 Å². The zero-order valence-electron chi connectivity index (χ0n) is 10.1. The van der Waals surface area contributed by atoms with Gasteiger partial charge in [0.25, 0.3) is 0 Å². The quantitative estimate of drug-likeness (QED) is 0.757. The summed E-state index contributed by atoms with van der Waals surface area (Å²) >= 11 is 1.84. The molecule has 2 nitrogen and oxygen atoms in total. The van der Waals surface area contributed by atoms with Crippen molar-refractivity contribution in [1.29, 1.82) is 0 Å². The number of anilines is 1. The van der Waals surface area contributed by atoms with E-state index in [-0.39, 0.29) is 5.54 Å². The van der Waals surface area contributed by atoms with E-state index in [4.69, 9.17) is 10.7 Å². The third kappa shape index (κ3) is 2.24. The van der Waals surface area contributed by atoms with Crippen LogP contribution in [0.1, 0.15) is 31.4 Å². The van der Waals surface area contributed by atoms with Gasteiger partial charge < -0.3 is 5.73 Å². The lowest BCUT2D eigenvalue weighted by Gasteiger charge is -2.30. The number of hydrogen-bond donors (Lipinski definition) is 1. The van der Waals surface area contributed by atoms with Crippen molar-refractivity contribution >= 4 is 22.5 Å². The summed E-state index contributed by atoms with van der Waals surface area (Å²) in [5.41, 5.74) is 9.10. The first kappa shape index (κ1) is 11.5. The molecule has 0 saturated heterocycles. The zero-order chi connectivity index (χ0) is 11.8. The average Bonchev–Trinajstić information content (AvgIpc) is 2.15. The topological polar surface area (TPSA) is 38.4 Å². The Bertz CT molecular complexity index is 419. The Labute approximate surface area is 101 Å². The standard InChI is InChI=1S/C13H18N2S/c1-9-6-11(8-12(14)7-9)13(3)4-5-16-10(2)15-13/h6-8H,4-5,14H2,1-3H3. The number of hydrogen-bond acceptors (Lipinski definition) is 3. The van der Waals surface area contributed by atoms with Gasteiger partial charge in [-0.1, -0.05) is 6.07 Å². The lowest BCUT2D eigenvalue weighted by molar-refractivity contribution is 0.482. The molecular weight excluding hydrogens is 216 g/mol. The maximum absolute atomic E-state index is 5.91. The molecule has 1 aromatic rings. The highest BCUT2D eigenvalue weighted by Gasteiger charge is 2.29. The first-order chi connectivity index (χ1) is 7.49. The highest BCUT2D eigenvalue weighted by Crippen LogP contribution is 2.36. The predicted molar refractivity (Wildman–Crippen MR) is 73.1 cm³/mol. The van der Waals surface area contributed by atoms with Crippen LogP contribution in [-0.2, 0) is 5.54 Å². The molecule has 0 radical (unpaired) electrons. The molecule has 1 aliphatic heterocycles. The van der Waals surface area contributed by atoms with Crippen LogP contribution in [0.5, 0.6) is 0 Å². The molecule has 0 amide bonds. The molecule has 0 bridgehead atoms. The molecule has 2 N–H and O–H groups in total. The van der Waals surface area contributed by atoms with Gasteiger partial charge in [-0.2, -0.15) is 0 Å². The van der Waals surface area contributed by atoms with Crippen LogP contribution in [0.3, 0.4) is 0 Å². The van der Waals surface area contributed by atoms with Gasteiger partial charge in [-0.15, -0.1) is 11.8 Å². The maximum atomic E-state index is 5.91. The van der Waals surface area contributed by atoms with Crippen LogP contribution in [0, 0.1) is 6.92 Å². The lowest BCUT2D eigenvalue weighted by atomic mass is 9.88. The van der Waals surface area contributed by atoms with Crippen molar-refractivity contribution in [3.8, 4) is 0 Å². The molecule has 1 aromatic carbocycles. The van der Waals surface area contributed by atoms with Crippen molar-refractivity contribution in [2.75, 3.05) is 11.5 Å². The van der Waals surface area contributed by atoms with Gasteiger partial charge in [0.05, 0.1) is 10.6 Å². The van der Waals surface area contributed by atoms with Crippen molar-refractivity contribution in [1.82, 2.24) is 0 Å². The van der Waals surface area contributed by atoms with Crippen molar-refractivity contribution < 1.29 is 0 Å². The number of benzene rings is 1. The van der Waals surface area contributed by atoms with E-state index in [2.05, 4.69) is 32.9 Å². The maximum Gasteiger partial charge on any atom is 0.0846 e. The first-order valence-corrected chi connectivity index (χ1v) is 6.55. The fraction of sp³-hybridized carbons (Fsp3) is 0.462. The second kappa shape index (κ2) is 4.13. The monoisotopic (exact) mass is 234 g/mol. The second-order valence-electron chi connectivity index (χ2n) is 4.64. The van der Waals surface area contributed by atoms with E-state index in [9.17, 15) is 0 Å². The SMILES string of the molecule is CC1=NC(C)(c2cc(C)cc(N)c2)CCS1. The van der Waals surface area contributed by atoms with Crippen LogP contribution < -0.4 is 5.73 Å². The summed E-state index contributed by atoms with van der Waals surface area (Å²) in [5.74, 6) is 1.14. The van der Waals surface area contributed by atoms with E-state index in [0.29, 0.717) is 0 Å². The Morgan fingerprint density at radius 2 is 2.06 bits per heavy atom. The molecule has 0 aliphatic carbocycles. The van der Waals surface area contributed by atoms with E-state index in [1.54, 1.807) is 0 Å². The van der Waals surface area contributed by atoms with Gasteiger partial charge in [0.1, 0.15) is 0 Å². The van der Waals surface area contributed by atoms with Gasteiger partial charge in [0.2, 0.25) is 0 Å². The molecule has 1 unspecified atom stereocenters. The van der Waals surface area contributed by atoms with Gasteiger partial charge in [-0.05, 0) is 50.5 Å². The Balaban J connectivity index is 2.46. The molecule has 86 valence electrons. The van der Waals surface area contributed by atoms with Crippen molar-refractivity contribution in [3.63, 3.8) is 0 Å². The molecule has 0 saturated carbocycles. The van der Waals surface area contributed by atoms with Crippen LogP contribution in [0.15, 0.2) is 23.2 Å². The Morgan fingerprint density at radius 1 is 1.31 bits per heavy atom. The molecule has 1 heterocycles. The zero-order valence-corrected chi connectivity index (χ0v) is 10.9. The Kier molecular flexibility index (Phi) is 2.98. The number of thioether (sulfide) groups is 1. The summed E-state index contributed by atoms with van der Waals surface area (Å²) in [4.78, 5) is 4.79. The van der Waals surface area contributed by atoms with E-state index in [0.717, 1.165) is 17.9 Å². The van der Waals surface area contributed by atoms with Crippen LogP contribution in [-0.4, -0.2) is 10.8 Å². The number of rotatable bonds is 1. The number of nitrogens with two attached hydrogens (primary N) is 1. The molecular formula is C13H18N2S. The Hall–Kier alpha value is -0.960. The fourth-order valence-electron chi connectivity index (χ4n) is 2.17. The summed E-state index contributed by atoms with van der Waals surface area (Å²) in [6, 6.07) is 6.25. The van der Waals surface area contributed by atoms with Gasteiger partial charge >= 0.3 is 0 Å². The first-order valence-electron chi connectivity index (χ1n) is 5.56. The van der Waals surface area contributed by atoms with E-state index >= 15 is 0 Å². The van der Waals surface area contributed by atoms with Crippen LogP contribution in [0.4, 0.5) is 5.69 Å². The summed E-state index contributed by atoms with van der Waals surface area (Å²) in [6.45, 7) is 6.36. The number of aryl methyl sites for hydroxylation is 1.